The minimum atomic E-state index is -1.79. The number of nitrogens with one attached hydrogen (secondary N) is 1. The average molecular weight is 345 g/mol. The summed E-state index contributed by atoms with van der Waals surface area (Å²) in [5.74, 6) is -3.54. The van der Waals surface area contributed by atoms with Crippen molar-refractivity contribution in [3.05, 3.63) is 60.3 Å². The van der Waals surface area contributed by atoms with Gasteiger partial charge in [-0.25, -0.2) is 19.0 Å². The highest BCUT2D eigenvalue weighted by Gasteiger charge is 2.25. The zero-order chi connectivity index (χ0) is 16.6. The first-order valence-corrected chi connectivity index (χ1v) is 6.30. The van der Waals surface area contributed by atoms with Gasteiger partial charge in [-0.05, 0) is 18.2 Å². The number of H-pyrrole nitrogens is 1. The summed E-state index contributed by atoms with van der Waals surface area (Å²) in [4.78, 5) is 48.1. The molecule has 0 spiro atoms. The maximum absolute atomic E-state index is 12.2. The van der Waals surface area contributed by atoms with E-state index >= 15 is 0 Å². The van der Waals surface area contributed by atoms with E-state index in [0.717, 1.165) is 0 Å². The molecule has 114 valence electrons. The molecule has 1 heterocycles. The molecule has 0 aliphatic carbocycles. The molecular formula is C12H6Cl2N2O6. The summed E-state index contributed by atoms with van der Waals surface area (Å²) in [7, 11) is 0. The zero-order valence-corrected chi connectivity index (χ0v) is 12.0. The minimum absolute atomic E-state index is 0.0943. The molecule has 0 saturated heterocycles. The molecule has 0 saturated carbocycles. The number of benzene rings is 1. The van der Waals surface area contributed by atoms with Gasteiger partial charge in [-0.3, -0.25) is 9.78 Å². The average Bonchev–Trinajstić information content (AvgIpc) is 2.35. The topological polar surface area (TPSA) is 129 Å². The van der Waals surface area contributed by atoms with Gasteiger partial charge in [0.05, 0.1) is 5.69 Å². The normalized spacial score (nSPS) is 10.5. The van der Waals surface area contributed by atoms with Crippen LogP contribution in [0.5, 0.6) is 0 Å². The third-order valence-corrected chi connectivity index (χ3v) is 3.07. The summed E-state index contributed by atoms with van der Waals surface area (Å²) < 4.78 is 0.438. The Hall–Kier alpha value is -2.58. The van der Waals surface area contributed by atoms with E-state index in [9.17, 15) is 19.2 Å². The highest BCUT2D eigenvalue weighted by Crippen LogP contribution is 2.20. The van der Waals surface area contributed by atoms with Crippen LogP contribution in [0.15, 0.2) is 27.8 Å². The van der Waals surface area contributed by atoms with E-state index in [-0.39, 0.29) is 15.7 Å². The zero-order valence-electron chi connectivity index (χ0n) is 10.5. The van der Waals surface area contributed by atoms with Gasteiger partial charge in [0.2, 0.25) is 0 Å². The summed E-state index contributed by atoms with van der Waals surface area (Å²) in [5.41, 5.74) is -4.63. The number of halogens is 2. The molecule has 2 aromatic rings. The van der Waals surface area contributed by atoms with Crippen LogP contribution in [-0.2, 0) is 0 Å². The van der Waals surface area contributed by atoms with Crippen molar-refractivity contribution >= 4 is 35.1 Å². The third-order valence-electron chi connectivity index (χ3n) is 2.64. The minimum Gasteiger partial charge on any atom is -0.477 e. The van der Waals surface area contributed by atoms with Gasteiger partial charge in [0.15, 0.2) is 5.56 Å². The van der Waals surface area contributed by atoms with Crippen LogP contribution < -0.4 is 11.2 Å². The Morgan fingerprint density at radius 1 is 1.00 bits per heavy atom. The van der Waals surface area contributed by atoms with Crippen molar-refractivity contribution in [1.82, 2.24) is 9.55 Å². The summed E-state index contributed by atoms with van der Waals surface area (Å²) >= 11 is 11.5. The highest BCUT2D eigenvalue weighted by atomic mass is 35.5. The summed E-state index contributed by atoms with van der Waals surface area (Å²) in [6.07, 6.45) is 0. The highest BCUT2D eigenvalue weighted by molar-refractivity contribution is 6.34. The van der Waals surface area contributed by atoms with E-state index in [1.807, 2.05) is 4.98 Å². The first-order valence-electron chi connectivity index (χ1n) is 5.54. The van der Waals surface area contributed by atoms with Crippen molar-refractivity contribution in [2.24, 2.45) is 0 Å². The first kappa shape index (κ1) is 15.8. The number of hydrogen-bond donors (Lipinski definition) is 3. The number of carbonyl (C=O) groups is 2. The van der Waals surface area contributed by atoms with Gasteiger partial charge in [-0.2, -0.15) is 0 Å². The van der Waals surface area contributed by atoms with Crippen LogP contribution in [0.4, 0.5) is 0 Å². The van der Waals surface area contributed by atoms with Crippen LogP contribution in [0.3, 0.4) is 0 Å². The van der Waals surface area contributed by atoms with E-state index in [2.05, 4.69) is 0 Å². The van der Waals surface area contributed by atoms with Crippen LogP contribution in [0, 0.1) is 0 Å². The van der Waals surface area contributed by atoms with Crippen LogP contribution in [0.2, 0.25) is 10.0 Å². The lowest BCUT2D eigenvalue weighted by atomic mass is 10.2. The Bertz CT molecular complexity index is 895. The smallest absolute Gasteiger partial charge is 0.353 e. The number of aromatic amines is 1. The molecule has 0 atom stereocenters. The fraction of sp³-hybridized carbons (Fsp3) is 0. The summed E-state index contributed by atoms with van der Waals surface area (Å²) in [6.45, 7) is 0. The first-order chi connectivity index (χ1) is 10.2. The van der Waals surface area contributed by atoms with E-state index in [1.165, 1.54) is 18.2 Å². The lowest BCUT2D eigenvalue weighted by Gasteiger charge is -2.08. The largest absolute Gasteiger partial charge is 0.477 e. The van der Waals surface area contributed by atoms with Gasteiger partial charge in [0, 0.05) is 10.0 Å². The Morgan fingerprint density at radius 2 is 1.55 bits per heavy atom. The van der Waals surface area contributed by atoms with E-state index in [1.54, 1.807) is 0 Å². The van der Waals surface area contributed by atoms with Gasteiger partial charge in [-0.1, -0.05) is 23.2 Å². The number of nitrogens with zero attached hydrogens (tertiary/aromatic N) is 1. The molecule has 2 rings (SSSR count). The molecule has 0 radical (unpaired) electrons. The molecule has 10 heteroatoms. The van der Waals surface area contributed by atoms with Crippen molar-refractivity contribution in [2.45, 2.75) is 0 Å². The predicted octanol–water partition coefficient (Wildman–Crippen LogP) is 1.23. The molecule has 0 aliphatic heterocycles. The molecule has 0 amide bonds. The maximum atomic E-state index is 12.2. The Kier molecular flexibility index (Phi) is 4.07. The monoisotopic (exact) mass is 344 g/mol. The van der Waals surface area contributed by atoms with E-state index in [4.69, 9.17) is 33.4 Å². The van der Waals surface area contributed by atoms with Crippen molar-refractivity contribution in [2.75, 3.05) is 0 Å². The molecular weight excluding hydrogens is 339 g/mol. The van der Waals surface area contributed by atoms with Crippen molar-refractivity contribution in [3.8, 4) is 5.69 Å². The number of hydrogen-bond acceptors (Lipinski definition) is 4. The number of rotatable bonds is 3. The van der Waals surface area contributed by atoms with Crippen molar-refractivity contribution < 1.29 is 19.8 Å². The fourth-order valence-electron chi connectivity index (χ4n) is 1.80. The molecule has 0 bridgehead atoms. The SMILES string of the molecule is O=C(O)c1[nH]c(=O)n(-c2cc(Cl)cc(Cl)c2)c(=O)c1C(=O)O. The lowest BCUT2D eigenvalue weighted by molar-refractivity contribution is 0.0643. The molecule has 22 heavy (non-hydrogen) atoms. The van der Waals surface area contributed by atoms with E-state index in [0.29, 0.717) is 4.57 Å². The van der Waals surface area contributed by atoms with Gasteiger partial charge in [0.25, 0.3) is 5.56 Å². The molecule has 0 fully saturated rings. The molecule has 1 aromatic heterocycles. The molecule has 0 aliphatic rings. The summed E-state index contributed by atoms with van der Waals surface area (Å²) in [5, 5.41) is 18.1. The second-order valence-corrected chi connectivity index (χ2v) is 4.93. The van der Waals surface area contributed by atoms with Crippen LogP contribution in [0.25, 0.3) is 5.69 Å². The van der Waals surface area contributed by atoms with Crippen LogP contribution in [0.1, 0.15) is 20.8 Å². The van der Waals surface area contributed by atoms with Crippen molar-refractivity contribution in [3.63, 3.8) is 0 Å². The standard InChI is InChI=1S/C12H6Cl2N2O6/c13-4-1-5(14)3-6(2-4)16-9(17)7(10(18)19)8(11(20)21)15-12(16)22/h1-3H,(H,15,22)(H,18,19)(H,20,21). The quantitative estimate of drug-likeness (QED) is 0.767. The van der Waals surface area contributed by atoms with Crippen molar-refractivity contribution in [1.29, 1.82) is 0 Å². The fourth-order valence-corrected chi connectivity index (χ4v) is 2.31. The Morgan fingerprint density at radius 3 is 2.00 bits per heavy atom. The molecule has 3 N–H and O–H groups in total. The number of carboxylic acid groups (broad SMARTS) is 2. The van der Waals surface area contributed by atoms with Gasteiger partial charge in [0.1, 0.15) is 5.69 Å². The van der Waals surface area contributed by atoms with Crippen LogP contribution >= 0.6 is 23.2 Å². The Labute approximate surface area is 131 Å². The second kappa shape index (κ2) is 5.66. The number of aromatic nitrogens is 2. The van der Waals surface area contributed by atoms with Crippen LogP contribution in [-0.4, -0.2) is 31.7 Å². The van der Waals surface area contributed by atoms with Gasteiger partial charge < -0.3 is 10.2 Å². The molecule has 1 aromatic carbocycles. The second-order valence-electron chi connectivity index (χ2n) is 4.06. The molecule has 8 nitrogen and oxygen atoms in total. The van der Waals surface area contributed by atoms with E-state index < -0.39 is 34.4 Å². The maximum Gasteiger partial charge on any atom is 0.353 e. The van der Waals surface area contributed by atoms with Gasteiger partial charge in [-0.15, -0.1) is 0 Å². The predicted molar refractivity (Wildman–Crippen MR) is 76.6 cm³/mol. The summed E-state index contributed by atoms with van der Waals surface area (Å²) in [6, 6.07) is 3.75. The number of aromatic carboxylic acids is 2. The Balaban J connectivity index is 2.92. The molecule has 0 unspecified atom stereocenters. The number of carboxylic acids is 2. The van der Waals surface area contributed by atoms with Gasteiger partial charge >= 0.3 is 17.6 Å². The third kappa shape index (κ3) is 2.74. The lowest BCUT2D eigenvalue weighted by Crippen LogP contribution is -2.40.